The first-order valence-electron chi connectivity index (χ1n) is 5.30. The first-order valence-corrected chi connectivity index (χ1v) is 5.30. The van der Waals surface area contributed by atoms with E-state index in [-0.39, 0.29) is 43.5 Å². The maximum absolute atomic E-state index is 11.4. The molecule has 0 heterocycles. The Morgan fingerprint density at radius 3 is 2.41 bits per heavy atom. The lowest BCUT2D eigenvalue weighted by atomic mass is 10.1. The first-order chi connectivity index (χ1) is 7.59. The number of hydrogen-bond donors (Lipinski definition) is 2. The van der Waals surface area contributed by atoms with Crippen LogP contribution in [0.5, 0.6) is 0 Å². The summed E-state index contributed by atoms with van der Waals surface area (Å²) in [7, 11) is 0. The number of benzene rings is 1. The van der Waals surface area contributed by atoms with Crippen LogP contribution in [0.4, 0.5) is 0 Å². The summed E-state index contributed by atoms with van der Waals surface area (Å²) in [6.45, 7) is 2.06. The second-order valence-corrected chi connectivity index (χ2v) is 3.87. The molecule has 96 valence electrons. The normalized spacial score (nSPS) is 13.4. The molecular formula is C12H19ClN2O2. The van der Waals surface area contributed by atoms with Crippen molar-refractivity contribution in [1.82, 2.24) is 0 Å². The Morgan fingerprint density at radius 1 is 1.29 bits per heavy atom. The molecular weight excluding hydrogens is 240 g/mol. The van der Waals surface area contributed by atoms with Crippen molar-refractivity contribution in [2.75, 3.05) is 0 Å². The van der Waals surface area contributed by atoms with Gasteiger partial charge >= 0.3 is 5.97 Å². The van der Waals surface area contributed by atoms with Crippen LogP contribution >= 0.6 is 12.4 Å². The second-order valence-electron chi connectivity index (χ2n) is 3.87. The Balaban J connectivity index is 0.00000256. The molecule has 2 atom stereocenters. The van der Waals surface area contributed by atoms with Crippen LogP contribution in [0.25, 0.3) is 0 Å². The molecule has 1 aromatic carbocycles. The first kappa shape index (κ1) is 15.9. The third-order valence-corrected chi connectivity index (χ3v) is 2.32. The van der Waals surface area contributed by atoms with Gasteiger partial charge in [-0.1, -0.05) is 30.3 Å². The molecule has 0 aliphatic carbocycles. The number of esters is 1. The highest BCUT2D eigenvalue weighted by atomic mass is 35.5. The van der Waals surface area contributed by atoms with Crippen LogP contribution in [-0.4, -0.2) is 18.1 Å². The van der Waals surface area contributed by atoms with Gasteiger partial charge in [-0.15, -0.1) is 12.4 Å². The number of carbonyl (C=O) groups excluding carboxylic acids is 1. The van der Waals surface area contributed by atoms with Crippen molar-refractivity contribution in [2.24, 2.45) is 11.5 Å². The highest BCUT2D eigenvalue weighted by Gasteiger charge is 2.14. The Kier molecular flexibility index (Phi) is 7.54. The molecule has 0 radical (unpaired) electrons. The largest absolute Gasteiger partial charge is 0.461 e. The van der Waals surface area contributed by atoms with E-state index < -0.39 is 0 Å². The van der Waals surface area contributed by atoms with Gasteiger partial charge in [-0.3, -0.25) is 4.79 Å². The number of carbonyl (C=O) groups is 1. The summed E-state index contributed by atoms with van der Waals surface area (Å²) in [6.07, 6.45) is 0.157. The zero-order chi connectivity index (χ0) is 12.0. The maximum Gasteiger partial charge on any atom is 0.307 e. The van der Waals surface area contributed by atoms with Crippen molar-refractivity contribution in [3.8, 4) is 0 Å². The van der Waals surface area contributed by atoms with E-state index in [9.17, 15) is 4.79 Å². The maximum atomic E-state index is 11.4. The van der Waals surface area contributed by atoms with Gasteiger partial charge in [-0.05, 0) is 12.5 Å². The number of nitrogens with two attached hydrogens (primary N) is 2. The van der Waals surface area contributed by atoms with E-state index in [1.165, 1.54) is 0 Å². The summed E-state index contributed by atoms with van der Waals surface area (Å²) in [6, 6.07) is 8.97. The van der Waals surface area contributed by atoms with Gasteiger partial charge in [0.05, 0.1) is 6.42 Å². The van der Waals surface area contributed by atoms with Crippen LogP contribution in [-0.2, 0) is 16.1 Å². The van der Waals surface area contributed by atoms with E-state index >= 15 is 0 Å². The molecule has 4 N–H and O–H groups in total. The van der Waals surface area contributed by atoms with Gasteiger partial charge in [0.15, 0.2) is 0 Å². The van der Waals surface area contributed by atoms with E-state index in [2.05, 4.69) is 0 Å². The Morgan fingerprint density at radius 2 is 1.88 bits per heavy atom. The van der Waals surface area contributed by atoms with Crippen LogP contribution in [0.15, 0.2) is 30.3 Å². The van der Waals surface area contributed by atoms with Gasteiger partial charge < -0.3 is 16.2 Å². The number of rotatable bonds is 5. The molecule has 4 nitrogen and oxygen atoms in total. The molecule has 17 heavy (non-hydrogen) atoms. The molecule has 0 amide bonds. The summed E-state index contributed by atoms with van der Waals surface area (Å²) in [5.41, 5.74) is 12.2. The number of ether oxygens (including phenoxy) is 1. The van der Waals surface area contributed by atoms with Gasteiger partial charge in [0.2, 0.25) is 0 Å². The predicted octanol–water partition coefficient (Wildman–Crippen LogP) is 1.22. The highest BCUT2D eigenvalue weighted by Crippen LogP contribution is 2.03. The average Bonchev–Trinajstić information content (AvgIpc) is 2.27. The van der Waals surface area contributed by atoms with Crippen LogP contribution < -0.4 is 11.5 Å². The summed E-state index contributed by atoms with van der Waals surface area (Å²) in [4.78, 5) is 11.4. The third kappa shape index (κ3) is 6.26. The summed E-state index contributed by atoms with van der Waals surface area (Å²) < 4.78 is 5.07. The van der Waals surface area contributed by atoms with Gasteiger partial charge in [0.25, 0.3) is 0 Å². The molecule has 0 aliphatic heterocycles. The van der Waals surface area contributed by atoms with E-state index in [0.29, 0.717) is 0 Å². The molecule has 2 unspecified atom stereocenters. The predicted molar refractivity (Wildman–Crippen MR) is 69.7 cm³/mol. The lowest BCUT2D eigenvalue weighted by molar-refractivity contribution is -0.145. The fourth-order valence-electron chi connectivity index (χ4n) is 1.18. The second kappa shape index (κ2) is 8.06. The van der Waals surface area contributed by atoms with E-state index in [0.717, 1.165) is 5.56 Å². The fourth-order valence-corrected chi connectivity index (χ4v) is 1.18. The number of hydrogen-bond acceptors (Lipinski definition) is 4. The van der Waals surface area contributed by atoms with Gasteiger partial charge in [0, 0.05) is 12.1 Å². The van der Waals surface area contributed by atoms with E-state index in [4.69, 9.17) is 16.2 Å². The summed E-state index contributed by atoms with van der Waals surface area (Å²) in [5.74, 6) is -0.311. The fraction of sp³-hybridized carbons (Fsp3) is 0.417. The Bertz CT molecular complexity index is 331. The van der Waals surface area contributed by atoms with Crippen LogP contribution in [0.2, 0.25) is 0 Å². The minimum Gasteiger partial charge on any atom is -0.461 e. The van der Waals surface area contributed by atoms with Crippen molar-refractivity contribution < 1.29 is 9.53 Å². The quantitative estimate of drug-likeness (QED) is 0.779. The minimum absolute atomic E-state index is 0. The average molecular weight is 259 g/mol. The highest BCUT2D eigenvalue weighted by molar-refractivity contribution is 5.85. The van der Waals surface area contributed by atoms with Crippen molar-refractivity contribution in [3.63, 3.8) is 0 Å². The van der Waals surface area contributed by atoms with Crippen LogP contribution in [0.1, 0.15) is 18.9 Å². The third-order valence-electron chi connectivity index (χ3n) is 2.32. The lowest BCUT2D eigenvalue weighted by Gasteiger charge is -2.14. The van der Waals surface area contributed by atoms with Crippen molar-refractivity contribution >= 4 is 18.4 Å². The molecule has 0 saturated heterocycles. The number of halogens is 1. The zero-order valence-corrected chi connectivity index (χ0v) is 10.7. The van der Waals surface area contributed by atoms with Gasteiger partial charge in [-0.2, -0.15) is 0 Å². The van der Waals surface area contributed by atoms with E-state index in [1.807, 2.05) is 30.3 Å². The van der Waals surface area contributed by atoms with Crippen molar-refractivity contribution in [1.29, 1.82) is 0 Å². The van der Waals surface area contributed by atoms with Crippen LogP contribution in [0.3, 0.4) is 0 Å². The van der Waals surface area contributed by atoms with Gasteiger partial charge in [-0.25, -0.2) is 0 Å². The molecule has 0 saturated carbocycles. The molecule has 0 aromatic heterocycles. The molecule has 1 rings (SSSR count). The van der Waals surface area contributed by atoms with Crippen molar-refractivity contribution in [3.05, 3.63) is 35.9 Å². The lowest BCUT2D eigenvalue weighted by Crippen LogP contribution is -2.40. The van der Waals surface area contributed by atoms with E-state index in [1.54, 1.807) is 6.92 Å². The molecule has 0 aliphatic rings. The standard InChI is InChI=1S/C12H18N2O2.ClH/c1-9(13)11(14)7-12(15)16-8-10-5-3-2-4-6-10;/h2-6,9,11H,7-8,13-14H2,1H3;1H. The molecule has 5 heteroatoms. The summed E-state index contributed by atoms with van der Waals surface area (Å²) >= 11 is 0. The molecule has 0 fully saturated rings. The topological polar surface area (TPSA) is 78.3 Å². The van der Waals surface area contributed by atoms with Gasteiger partial charge in [0.1, 0.15) is 6.61 Å². The zero-order valence-electron chi connectivity index (χ0n) is 9.84. The van der Waals surface area contributed by atoms with Crippen LogP contribution in [0, 0.1) is 0 Å². The minimum atomic E-state index is -0.344. The molecule has 1 aromatic rings. The molecule has 0 bridgehead atoms. The monoisotopic (exact) mass is 258 g/mol. The Hall–Kier alpha value is -1.10. The SMILES string of the molecule is CC(N)C(N)CC(=O)OCc1ccccc1.Cl. The van der Waals surface area contributed by atoms with Crippen molar-refractivity contribution in [2.45, 2.75) is 32.0 Å². The smallest absolute Gasteiger partial charge is 0.307 e. The summed E-state index contributed by atoms with van der Waals surface area (Å²) in [5, 5.41) is 0. The Labute approximate surface area is 108 Å². The molecule has 0 spiro atoms.